The normalized spacial score (nSPS) is 9.65. The number of aromatic nitrogens is 1. The van der Waals surface area contributed by atoms with Crippen molar-refractivity contribution in [3.8, 4) is 17.7 Å². The minimum Gasteiger partial charge on any atom is -0.436 e. The maximum atomic E-state index is 8.91. The Morgan fingerprint density at radius 1 is 1.35 bits per heavy atom. The van der Waals surface area contributed by atoms with Crippen molar-refractivity contribution < 1.29 is 4.74 Å². The Morgan fingerprint density at radius 2 is 2.12 bits per heavy atom. The average molecular weight is 246 g/mol. The van der Waals surface area contributed by atoms with Crippen molar-refractivity contribution in [1.82, 2.24) is 4.98 Å². The van der Waals surface area contributed by atoms with Gasteiger partial charge in [0.1, 0.15) is 11.8 Å². The van der Waals surface area contributed by atoms with Crippen LogP contribution in [0.5, 0.6) is 11.6 Å². The Hall–Kier alpha value is -2.25. The number of nitrogens with zero attached hydrogens (tertiary/aromatic N) is 2. The molecule has 0 radical (unpaired) electrons. The van der Waals surface area contributed by atoms with Crippen molar-refractivity contribution in [1.29, 1.82) is 5.26 Å². The Morgan fingerprint density at radius 3 is 2.82 bits per heavy atom. The standard InChI is InChI=1S/C12H8ClN3O/c13-9-5-10(15)12(16-7-9)17-11-4-2-1-3-8(11)6-14/h1-5,7H,15H2. The highest BCUT2D eigenvalue weighted by Crippen LogP contribution is 2.28. The van der Waals surface area contributed by atoms with Gasteiger partial charge in [-0.2, -0.15) is 5.26 Å². The summed E-state index contributed by atoms with van der Waals surface area (Å²) in [6.45, 7) is 0. The summed E-state index contributed by atoms with van der Waals surface area (Å²) < 4.78 is 5.47. The van der Waals surface area contributed by atoms with E-state index in [-0.39, 0.29) is 5.88 Å². The van der Waals surface area contributed by atoms with Gasteiger partial charge in [0.05, 0.1) is 16.3 Å². The Balaban J connectivity index is 2.35. The van der Waals surface area contributed by atoms with Gasteiger partial charge in [-0.3, -0.25) is 0 Å². The number of halogens is 1. The molecule has 0 atom stereocenters. The fourth-order valence-electron chi connectivity index (χ4n) is 1.28. The number of para-hydroxylation sites is 1. The Kier molecular flexibility index (Phi) is 3.12. The number of nitrogens with two attached hydrogens (primary N) is 1. The van der Waals surface area contributed by atoms with Gasteiger partial charge in [-0.05, 0) is 18.2 Å². The van der Waals surface area contributed by atoms with Crippen LogP contribution < -0.4 is 10.5 Å². The molecular formula is C12H8ClN3O. The average Bonchev–Trinajstić information content (AvgIpc) is 2.33. The molecule has 0 saturated heterocycles. The lowest BCUT2D eigenvalue weighted by atomic mass is 10.2. The van der Waals surface area contributed by atoms with E-state index < -0.39 is 0 Å². The third kappa shape index (κ3) is 2.47. The van der Waals surface area contributed by atoms with E-state index >= 15 is 0 Å². The fraction of sp³-hybridized carbons (Fsp3) is 0. The molecule has 5 heteroatoms. The van der Waals surface area contributed by atoms with Crippen molar-refractivity contribution in [2.75, 3.05) is 5.73 Å². The summed E-state index contributed by atoms with van der Waals surface area (Å²) >= 11 is 5.73. The van der Waals surface area contributed by atoms with Gasteiger partial charge in [0.25, 0.3) is 0 Å². The molecule has 0 spiro atoms. The Bertz CT molecular complexity index is 593. The number of hydrogen-bond acceptors (Lipinski definition) is 4. The van der Waals surface area contributed by atoms with Gasteiger partial charge in [0.2, 0.25) is 5.88 Å². The highest BCUT2D eigenvalue weighted by molar-refractivity contribution is 6.30. The fourth-order valence-corrected chi connectivity index (χ4v) is 1.45. The van der Waals surface area contributed by atoms with E-state index in [1.165, 1.54) is 6.20 Å². The summed E-state index contributed by atoms with van der Waals surface area (Å²) in [7, 11) is 0. The molecule has 2 aromatic rings. The third-order valence-electron chi connectivity index (χ3n) is 2.06. The van der Waals surface area contributed by atoms with E-state index in [1.807, 2.05) is 6.07 Å². The van der Waals surface area contributed by atoms with E-state index in [9.17, 15) is 0 Å². The number of pyridine rings is 1. The molecule has 0 aliphatic heterocycles. The van der Waals surface area contributed by atoms with Crippen molar-refractivity contribution in [2.24, 2.45) is 0 Å². The van der Waals surface area contributed by atoms with Crippen molar-refractivity contribution >= 4 is 17.3 Å². The molecule has 1 heterocycles. The van der Waals surface area contributed by atoms with Gasteiger partial charge < -0.3 is 10.5 Å². The number of nitriles is 1. The van der Waals surface area contributed by atoms with Crippen LogP contribution in [-0.4, -0.2) is 4.98 Å². The quantitative estimate of drug-likeness (QED) is 0.883. The summed E-state index contributed by atoms with van der Waals surface area (Å²) in [5.41, 5.74) is 6.45. The summed E-state index contributed by atoms with van der Waals surface area (Å²) in [5.74, 6) is 0.647. The van der Waals surface area contributed by atoms with Crippen LogP contribution in [0.2, 0.25) is 5.02 Å². The van der Waals surface area contributed by atoms with Crippen molar-refractivity contribution in [3.63, 3.8) is 0 Å². The minimum absolute atomic E-state index is 0.233. The topological polar surface area (TPSA) is 71.9 Å². The molecule has 84 valence electrons. The molecule has 4 nitrogen and oxygen atoms in total. The Labute approximate surface area is 103 Å². The van der Waals surface area contributed by atoms with Crippen molar-refractivity contribution in [2.45, 2.75) is 0 Å². The molecule has 17 heavy (non-hydrogen) atoms. The lowest BCUT2D eigenvalue weighted by Gasteiger charge is -2.08. The predicted molar refractivity (Wildman–Crippen MR) is 64.9 cm³/mol. The highest BCUT2D eigenvalue weighted by Gasteiger charge is 2.07. The summed E-state index contributed by atoms with van der Waals surface area (Å²) in [6, 6.07) is 10.4. The van der Waals surface area contributed by atoms with Crippen LogP contribution in [-0.2, 0) is 0 Å². The number of anilines is 1. The highest BCUT2D eigenvalue weighted by atomic mass is 35.5. The van der Waals surface area contributed by atoms with Crippen LogP contribution >= 0.6 is 11.6 Å². The second-order valence-corrected chi connectivity index (χ2v) is 3.69. The summed E-state index contributed by atoms with van der Waals surface area (Å²) in [5, 5.41) is 9.34. The van der Waals surface area contributed by atoms with Gasteiger partial charge >= 0.3 is 0 Å². The molecule has 0 aliphatic rings. The van der Waals surface area contributed by atoms with E-state index in [1.54, 1.807) is 30.3 Å². The number of hydrogen-bond donors (Lipinski definition) is 1. The first-order valence-electron chi connectivity index (χ1n) is 4.78. The van der Waals surface area contributed by atoms with E-state index in [0.717, 1.165) is 0 Å². The number of nitrogen functional groups attached to an aromatic ring is 1. The minimum atomic E-state index is 0.233. The molecule has 0 aliphatic carbocycles. The zero-order chi connectivity index (χ0) is 12.3. The first-order chi connectivity index (χ1) is 8.20. The second kappa shape index (κ2) is 4.73. The molecule has 0 fully saturated rings. The van der Waals surface area contributed by atoms with Crippen LogP contribution in [0.3, 0.4) is 0 Å². The maximum Gasteiger partial charge on any atom is 0.242 e. The smallest absolute Gasteiger partial charge is 0.242 e. The molecule has 0 bridgehead atoms. The molecule has 0 amide bonds. The zero-order valence-electron chi connectivity index (χ0n) is 8.72. The molecule has 1 aromatic carbocycles. The van der Waals surface area contributed by atoms with E-state index in [0.29, 0.717) is 22.0 Å². The SMILES string of the molecule is N#Cc1ccccc1Oc1ncc(Cl)cc1N. The lowest BCUT2D eigenvalue weighted by Crippen LogP contribution is -1.96. The molecule has 2 N–H and O–H groups in total. The summed E-state index contributed by atoms with van der Waals surface area (Å²) in [4.78, 5) is 3.96. The van der Waals surface area contributed by atoms with Crippen LogP contribution in [0.1, 0.15) is 5.56 Å². The molecule has 0 unspecified atom stereocenters. The molecular weight excluding hydrogens is 238 g/mol. The van der Waals surface area contributed by atoms with Crippen LogP contribution in [0.4, 0.5) is 5.69 Å². The van der Waals surface area contributed by atoms with Crippen LogP contribution in [0.25, 0.3) is 0 Å². The van der Waals surface area contributed by atoms with Gasteiger partial charge in [-0.25, -0.2) is 4.98 Å². The van der Waals surface area contributed by atoms with Gasteiger partial charge in [-0.15, -0.1) is 0 Å². The predicted octanol–water partition coefficient (Wildman–Crippen LogP) is 2.98. The number of benzene rings is 1. The number of ether oxygens (including phenoxy) is 1. The van der Waals surface area contributed by atoms with Crippen LogP contribution in [0.15, 0.2) is 36.5 Å². The monoisotopic (exact) mass is 245 g/mol. The molecule has 2 rings (SSSR count). The zero-order valence-corrected chi connectivity index (χ0v) is 9.48. The summed E-state index contributed by atoms with van der Waals surface area (Å²) in [6.07, 6.45) is 1.43. The first kappa shape index (κ1) is 11.2. The van der Waals surface area contributed by atoms with Crippen molar-refractivity contribution in [3.05, 3.63) is 47.1 Å². The third-order valence-corrected chi connectivity index (χ3v) is 2.27. The second-order valence-electron chi connectivity index (χ2n) is 3.26. The molecule has 0 saturated carbocycles. The van der Waals surface area contributed by atoms with Gasteiger partial charge in [0, 0.05) is 6.20 Å². The number of rotatable bonds is 2. The van der Waals surface area contributed by atoms with E-state index in [2.05, 4.69) is 4.98 Å². The van der Waals surface area contributed by atoms with Gasteiger partial charge in [-0.1, -0.05) is 23.7 Å². The lowest BCUT2D eigenvalue weighted by molar-refractivity contribution is 0.464. The molecule has 1 aromatic heterocycles. The van der Waals surface area contributed by atoms with E-state index in [4.69, 9.17) is 27.3 Å². The van der Waals surface area contributed by atoms with Gasteiger partial charge in [0.15, 0.2) is 0 Å². The van der Waals surface area contributed by atoms with Crippen LogP contribution in [0, 0.1) is 11.3 Å². The first-order valence-corrected chi connectivity index (χ1v) is 5.16. The largest absolute Gasteiger partial charge is 0.436 e. The maximum absolute atomic E-state index is 8.91.